The molecule has 0 spiro atoms. The van der Waals surface area contributed by atoms with E-state index in [1.807, 2.05) is 56.3 Å². The third-order valence-corrected chi connectivity index (χ3v) is 5.54. The molecule has 1 fully saturated rings. The van der Waals surface area contributed by atoms with Crippen molar-refractivity contribution in [1.29, 1.82) is 0 Å². The van der Waals surface area contributed by atoms with E-state index >= 15 is 0 Å². The fourth-order valence-electron chi connectivity index (χ4n) is 3.95. The average Bonchev–Trinajstić information content (AvgIpc) is 3.28. The molecular weight excluding hydrogens is 406 g/mol. The van der Waals surface area contributed by atoms with Crippen LogP contribution in [0.2, 0.25) is 0 Å². The minimum atomic E-state index is 0.305. The molecule has 3 aromatic rings. The van der Waals surface area contributed by atoms with Gasteiger partial charge in [0.15, 0.2) is 0 Å². The van der Waals surface area contributed by atoms with E-state index in [2.05, 4.69) is 20.4 Å². The maximum Gasteiger partial charge on any atom is 0.322 e. The number of nitrogens with one attached hydrogen (secondary N) is 1. The van der Waals surface area contributed by atoms with Gasteiger partial charge in [0, 0.05) is 31.2 Å². The summed E-state index contributed by atoms with van der Waals surface area (Å²) in [6.07, 6.45) is 1.99. The number of nitrogens with zero attached hydrogens (tertiary/aromatic N) is 3. The van der Waals surface area contributed by atoms with Crippen LogP contribution in [0, 0.1) is 0 Å². The van der Waals surface area contributed by atoms with Crippen LogP contribution in [0.1, 0.15) is 32.3 Å². The normalized spacial score (nSPS) is 14.9. The molecule has 8 heteroatoms. The topological polar surface area (TPSA) is 98.7 Å². The highest BCUT2D eigenvalue weighted by Gasteiger charge is 2.22. The average molecular weight is 438 g/mol. The summed E-state index contributed by atoms with van der Waals surface area (Å²) in [6.45, 7) is 7.81. The predicted molar refractivity (Wildman–Crippen MR) is 125 cm³/mol. The van der Waals surface area contributed by atoms with Crippen LogP contribution in [-0.4, -0.2) is 47.4 Å². The van der Waals surface area contributed by atoms with Gasteiger partial charge in [0.25, 0.3) is 0 Å². The van der Waals surface area contributed by atoms with E-state index < -0.39 is 0 Å². The first-order valence-corrected chi connectivity index (χ1v) is 11.2. The van der Waals surface area contributed by atoms with Gasteiger partial charge in [-0.3, -0.25) is 4.90 Å². The smallest absolute Gasteiger partial charge is 0.322 e. The molecule has 4 rings (SSSR count). The lowest BCUT2D eigenvalue weighted by Crippen LogP contribution is -2.38. The molecule has 1 saturated heterocycles. The van der Waals surface area contributed by atoms with Gasteiger partial charge in [-0.15, -0.1) is 0 Å². The Bertz CT molecular complexity index is 973. The van der Waals surface area contributed by atoms with Crippen molar-refractivity contribution < 1.29 is 14.0 Å². The number of benzene rings is 2. The summed E-state index contributed by atoms with van der Waals surface area (Å²) in [6, 6.07) is 14.7. The highest BCUT2D eigenvalue weighted by molar-refractivity contribution is 5.64. The molecule has 1 aliphatic heterocycles. The molecule has 1 aliphatic rings. The molecule has 8 nitrogen and oxygen atoms in total. The van der Waals surface area contributed by atoms with Crippen molar-refractivity contribution in [3.05, 3.63) is 48.0 Å². The van der Waals surface area contributed by atoms with Gasteiger partial charge in [0.1, 0.15) is 17.2 Å². The third-order valence-electron chi connectivity index (χ3n) is 5.54. The lowest BCUT2D eigenvalue weighted by molar-refractivity contribution is 0.209. The number of aromatic nitrogens is 2. The van der Waals surface area contributed by atoms with Crippen LogP contribution in [0.15, 0.2) is 47.0 Å². The Hall–Kier alpha value is -3.26. The van der Waals surface area contributed by atoms with Crippen molar-refractivity contribution in [2.45, 2.75) is 39.3 Å². The van der Waals surface area contributed by atoms with Crippen LogP contribution >= 0.6 is 0 Å². The summed E-state index contributed by atoms with van der Waals surface area (Å²) >= 11 is 0. The molecule has 0 bridgehead atoms. The Kier molecular flexibility index (Phi) is 7.11. The number of hydrogen-bond acceptors (Lipinski definition) is 8. The van der Waals surface area contributed by atoms with Gasteiger partial charge < -0.3 is 25.0 Å². The molecule has 0 radical (unpaired) electrons. The van der Waals surface area contributed by atoms with E-state index in [1.165, 1.54) is 0 Å². The zero-order valence-electron chi connectivity index (χ0n) is 18.7. The second-order valence-electron chi connectivity index (χ2n) is 7.86. The van der Waals surface area contributed by atoms with E-state index in [0.717, 1.165) is 43.6 Å². The van der Waals surface area contributed by atoms with Crippen LogP contribution in [0.3, 0.4) is 0 Å². The molecule has 2 aromatic carbocycles. The first-order chi connectivity index (χ1) is 15.7. The molecule has 0 saturated carbocycles. The molecule has 0 unspecified atom stereocenters. The summed E-state index contributed by atoms with van der Waals surface area (Å²) in [5.74, 6) is 1.98. The maximum atomic E-state index is 6.20. The number of ether oxygens (including phenoxy) is 2. The first kappa shape index (κ1) is 22.0. The molecule has 0 atom stereocenters. The molecular formula is C24H31N5O3. The highest BCUT2D eigenvalue weighted by atomic mass is 16.5. The highest BCUT2D eigenvalue weighted by Crippen LogP contribution is 2.34. The number of hydrogen-bond donors (Lipinski definition) is 2. The summed E-state index contributed by atoms with van der Waals surface area (Å²) in [5.41, 5.74) is 8.85. The van der Waals surface area contributed by atoms with E-state index in [0.29, 0.717) is 48.3 Å². The Balaban J connectivity index is 1.33. The number of nitrogens with two attached hydrogens (primary N) is 1. The summed E-state index contributed by atoms with van der Waals surface area (Å²) in [7, 11) is 0. The molecule has 0 amide bonds. The van der Waals surface area contributed by atoms with Gasteiger partial charge in [0.05, 0.1) is 13.2 Å². The van der Waals surface area contributed by atoms with E-state index in [-0.39, 0.29) is 0 Å². The van der Waals surface area contributed by atoms with Gasteiger partial charge >= 0.3 is 6.01 Å². The zero-order chi connectivity index (χ0) is 22.3. The predicted octanol–water partition coefficient (Wildman–Crippen LogP) is 4.19. The van der Waals surface area contributed by atoms with Crippen molar-refractivity contribution >= 4 is 11.7 Å². The monoisotopic (exact) mass is 437 g/mol. The van der Waals surface area contributed by atoms with Crippen LogP contribution in [0.25, 0.3) is 11.4 Å². The summed E-state index contributed by atoms with van der Waals surface area (Å²) < 4.78 is 16.8. The van der Waals surface area contributed by atoms with Crippen molar-refractivity contribution in [3.63, 3.8) is 0 Å². The zero-order valence-corrected chi connectivity index (χ0v) is 18.7. The number of anilines is 2. The van der Waals surface area contributed by atoms with Gasteiger partial charge in [-0.2, -0.15) is 4.98 Å². The van der Waals surface area contributed by atoms with E-state index in [1.54, 1.807) is 0 Å². The van der Waals surface area contributed by atoms with Crippen LogP contribution < -0.4 is 20.5 Å². The summed E-state index contributed by atoms with van der Waals surface area (Å²) in [5, 5.41) is 7.47. The van der Waals surface area contributed by atoms with Gasteiger partial charge in [-0.1, -0.05) is 35.5 Å². The Morgan fingerprint density at radius 1 is 1.06 bits per heavy atom. The first-order valence-electron chi connectivity index (χ1n) is 11.2. The largest absolute Gasteiger partial charge is 0.492 e. The Labute approximate surface area is 188 Å². The Morgan fingerprint density at radius 3 is 2.34 bits per heavy atom. The molecule has 0 aliphatic carbocycles. The third kappa shape index (κ3) is 5.31. The van der Waals surface area contributed by atoms with E-state index in [9.17, 15) is 0 Å². The van der Waals surface area contributed by atoms with Crippen molar-refractivity contribution in [1.82, 2.24) is 15.0 Å². The minimum Gasteiger partial charge on any atom is -0.492 e. The van der Waals surface area contributed by atoms with Crippen LogP contribution in [0.5, 0.6) is 11.5 Å². The molecule has 170 valence electrons. The molecule has 1 aromatic heterocycles. The molecule has 3 N–H and O–H groups in total. The lowest BCUT2D eigenvalue weighted by atomic mass is 10.0. The number of piperidine rings is 1. The van der Waals surface area contributed by atoms with Crippen molar-refractivity contribution in [2.24, 2.45) is 0 Å². The van der Waals surface area contributed by atoms with Crippen molar-refractivity contribution in [2.75, 3.05) is 37.4 Å². The van der Waals surface area contributed by atoms with Crippen LogP contribution in [-0.2, 0) is 6.54 Å². The van der Waals surface area contributed by atoms with Gasteiger partial charge in [0.2, 0.25) is 5.82 Å². The summed E-state index contributed by atoms with van der Waals surface area (Å²) in [4.78, 5) is 6.91. The quantitative estimate of drug-likeness (QED) is 0.481. The second kappa shape index (κ2) is 10.4. The second-order valence-corrected chi connectivity index (χ2v) is 7.86. The van der Waals surface area contributed by atoms with Gasteiger partial charge in [-0.05, 0) is 44.4 Å². The molecule has 32 heavy (non-hydrogen) atoms. The minimum absolute atomic E-state index is 0.305. The van der Waals surface area contributed by atoms with Crippen LogP contribution in [0.4, 0.5) is 11.7 Å². The Morgan fingerprint density at radius 2 is 1.72 bits per heavy atom. The standard InChI is InChI=1S/C24H31N5O3/c1-3-30-20-14-17(15-21(22(20)25)31-4-2)16-29-12-10-19(11-13-29)26-24-27-23(28-32-24)18-8-6-5-7-9-18/h5-9,14-15,19H,3-4,10-13,16,25H2,1-2H3,(H,26,27,28). The number of likely N-dealkylation sites (tertiary alicyclic amines) is 1. The maximum absolute atomic E-state index is 6.20. The van der Waals surface area contributed by atoms with E-state index in [4.69, 9.17) is 19.7 Å². The van der Waals surface area contributed by atoms with Gasteiger partial charge in [-0.25, -0.2) is 0 Å². The molecule has 2 heterocycles. The number of rotatable bonds is 9. The number of nitrogen functional groups attached to an aromatic ring is 1. The lowest BCUT2D eigenvalue weighted by Gasteiger charge is -2.32. The fraction of sp³-hybridized carbons (Fsp3) is 0.417. The van der Waals surface area contributed by atoms with Crippen molar-refractivity contribution in [3.8, 4) is 22.9 Å². The fourth-order valence-corrected chi connectivity index (χ4v) is 3.95. The SMILES string of the molecule is CCOc1cc(CN2CCC(Nc3nc(-c4ccccc4)no3)CC2)cc(OCC)c1N.